The van der Waals surface area contributed by atoms with E-state index in [9.17, 15) is 9.59 Å². The van der Waals surface area contributed by atoms with Crippen LogP contribution in [0.3, 0.4) is 0 Å². The Bertz CT molecular complexity index is 1830. The molecule has 3 heterocycles. The Balaban J connectivity index is 0.000000472. The van der Waals surface area contributed by atoms with Crippen molar-refractivity contribution in [2.24, 2.45) is 0 Å². The van der Waals surface area contributed by atoms with Crippen molar-refractivity contribution in [2.45, 2.75) is 52.6 Å². The van der Waals surface area contributed by atoms with Gasteiger partial charge in [-0.25, -0.2) is 9.79 Å². The van der Waals surface area contributed by atoms with E-state index in [1.165, 1.54) is 25.4 Å². The van der Waals surface area contributed by atoms with Gasteiger partial charge in [-0.1, -0.05) is 30.3 Å². The van der Waals surface area contributed by atoms with Gasteiger partial charge >= 0.3 is 5.97 Å². The third-order valence-electron chi connectivity index (χ3n) is 7.76. The number of nitrogens with one attached hydrogen (secondary N) is 2. The van der Waals surface area contributed by atoms with E-state index in [4.69, 9.17) is 4.74 Å². The van der Waals surface area contributed by atoms with Crippen LogP contribution in [0.25, 0.3) is 16.7 Å². The average Bonchev–Trinajstić information content (AvgIpc) is 2.93. The first kappa shape index (κ1) is 30.0. The number of esters is 1. The van der Waals surface area contributed by atoms with Crippen LogP contribution < -0.4 is 25.6 Å². The van der Waals surface area contributed by atoms with E-state index in [2.05, 4.69) is 97.7 Å². The van der Waals surface area contributed by atoms with Gasteiger partial charge < -0.3 is 19.5 Å². The summed E-state index contributed by atoms with van der Waals surface area (Å²) in [6, 6.07) is 16.5. The highest BCUT2D eigenvalue weighted by molar-refractivity contribution is 5.95. The zero-order valence-electron chi connectivity index (χ0n) is 26.1. The number of hydrogen-bond acceptors (Lipinski definition) is 6. The van der Waals surface area contributed by atoms with Gasteiger partial charge in [0.1, 0.15) is 18.1 Å². The largest absolute Gasteiger partial charge is 0.467 e. The van der Waals surface area contributed by atoms with E-state index in [-0.39, 0.29) is 23.7 Å². The summed E-state index contributed by atoms with van der Waals surface area (Å²) in [5.74, 6) is 1.23. The maximum atomic E-state index is 12.1. The summed E-state index contributed by atoms with van der Waals surface area (Å²) < 4.78 is 15.3. The second-order valence-electron chi connectivity index (χ2n) is 12.3. The molecule has 0 bridgehead atoms. The quantitative estimate of drug-likeness (QED) is 0.279. The fraction of sp³-hybridized carbons (Fsp3) is 0.306. The maximum absolute atomic E-state index is 12.1. The molecule has 0 fully saturated rings. The predicted molar refractivity (Wildman–Crippen MR) is 169 cm³/mol. The van der Waals surface area contributed by atoms with Gasteiger partial charge in [-0.05, 0) is 62.6 Å². The summed E-state index contributed by atoms with van der Waals surface area (Å²) in [5.41, 5.74) is 9.11. The molecule has 0 aromatic heterocycles. The van der Waals surface area contributed by atoms with Gasteiger partial charge in [0.25, 0.3) is 0 Å². The van der Waals surface area contributed by atoms with Crippen LogP contribution in [0.4, 0.5) is 5.69 Å². The van der Waals surface area contributed by atoms with Crippen LogP contribution >= 0.6 is 0 Å². The molecule has 7 heteroatoms. The van der Waals surface area contributed by atoms with Crippen molar-refractivity contribution in [3.8, 4) is 11.5 Å². The van der Waals surface area contributed by atoms with Crippen molar-refractivity contribution in [1.29, 1.82) is 0 Å². The minimum Gasteiger partial charge on any atom is -0.467 e. The number of anilines is 1. The van der Waals surface area contributed by atoms with Gasteiger partial charge in [-0.2, -0.15) is 0 Å². The minimum atomic E-state index is -0.345. The summed E-state index contributed by atoms with van der Waals surface area (Å²) in [7, 11) is 2.76. The summed E-state index contributed by atoms with van der Waals surface area (Å²) in [5, 5.41) is 5.70. The number of carbonyl (C=O) groups is 2. The summed E-state index contributed by atoms with van der Waals surface area (Å²) in [6.45, 7) is 13.0. The predicted octanol–water partition coefficient (Wildman–Crippen LogP) is 4.16. The Hall–Kier alpha value is -4.49. The Kier molecular flexibility index (Phi) is 7.88. The Labute approximate surface area is 252 Å². The molecule has 3 aromatic carbocycles. The van der Waals surface area contributed by atoms with Crippen molar-refractivity contribution in [1.82, 2.24) is 0 Å². The smallest absolute Gasteiger partial charge is 0.331 e. The van der Waals surface area contributed by atoms with Gasteiger partial charge in [0, 0.05) is 65.8 Å². The number of rotatable bonds is 4. The zero-order valence-corrected chi connectivity index (χ0v) is 26.1. The topological polar surface area (TPSA) is 87.8 Å². The highest BCUT2D eigenvalue weighted by Crippen LogP contribution is 2.44. The molecule has 0 amide bonds. The Morgan fingerprint density at radius 3 is 2.30 bits per heavy atom. The molecule has 0 radical (unpaired) electrons. The van der Waals surface area contributed by atoms with Crippen molar-refractivity contribution < 1.29 is 28.8 Å². The van der Waals surface area contributed by atoms with E-state index in [1.54, 1.807) is 0 Å². The molecule has 43 heavy (non-hydrogen) atoms. The number of fused-ring (bicyclic) bond motifs is 4. The molecule has 0 spiro atoms. The average molecular weight is 580 g/mol. The van der Waals surface area contributed by atoms with Crippen LogP contribution in [0.5, 0.6) is 11.5 Å². The van der Waals surface area contributed by atoms with Crippen LogP contribution in [-0.4, -0.2) is 44.2 Å². The minimum absolute atomic E-state index is 0.0382. The van der Waals surface area contributed by atoms with E-state index < -0.39 is 0 Å². The molecule has 0 saturated carbocycles. The van der Waals surface area contributed by atoms with Gasteiger partial charge in [0.15, 0.2) is 11.8 Å². The fourth-order valence-electron chi connectivity index (χ4n) is 6.14. The highest BCUT2D eigenvalue weighted by Gasteiger charge is 2.31. The standard InChI is InChI=1S/C32H30N2O2.C4H8O3/c1-18-15-31(3,4)33-26-13-28-24(11-22(18)26)30(21-10-8-7-9-20(21)17-35)25-12-23-19(2)16-32(5,6)34-27(23)14-29(25)36-28;1-6-3-4(5)7-2/h7-17,33H,1-6H3;3H2,1-2H3/p+1. The van der Waals surface area contributed by atoms with Crippen LogP contribution in [0.1, 0.15) is 74.2 Å². The molecule has 0 saturated heterocycles. The van der Waals surface area contributed by atoms with Crippen LogP contribution in [0.15, 0.2) is 60.7 Å². The van der Waals surface area contributed by atoms with E-state index >= 15 is 0 Å². The fourth-order valence-corrected chi connectivity index (χ4v) is 6.14. The Morgan fingerprint density at radius 2 is 1.63 bits per heavy atom. The molecule has 3 aliphatic heterocycles. The van der Waals surface area contributed by atoms with Crippen molar-refractivity contribution in [3.05, 3.63) is 99.1 Å². The molecular weight excluding hydrogens is 540 g/mol. The zero-order chi connectivity index (χ0) is 31.1. The van der Waals surface area contributed by atoms with Crippen molar-refractivity contribution >= 4 is 34.7 Å². The normalized spacial score (nSPS) is 16.5. The molecular formula is C36H39N2O5+. The number of aldehydes is 1. The summed E-state index contributed by atoms with van der Waals surface area (Å²) >= 11 is 0. The van der Waals surface area contributed by atoms with Crippen molar-refractivity contribution in [2.75, 3.05) is 26.1 Å². The number of ether oxygens (including phenoxy) is 3. The van der Waals surface area contributed by atoms with Crippen LogP contribution in [0, 0.1) is 0 Å². The third kappa shape index (κ3) is 5.90. The molecule has 222 valence electrons. The SMILES string of the molecule is CC1=CC(C)(C)Nc2cc3c(cc21)C(c1ccccc1C=O)=c1cc2c(cc1O3)=[NH+]C(C)(C)C=C2C.COCC(=O)OC. The first-order valence-corrected chi connectivity index (χ1v) is 14.3. The van der Waals surface area contributed by atoms with Gasteiger partial charge in [-0.3, -0.25) is 4.79 Å². The first-order chi connectivity index (χ1) is 20.4. The number of carbonyl (C=O) groups excluding carboxylic acids is 2. The van der Waals surface area contributed by atoms with Crippen LogP contribution in [0.2, 0.25) is 0 Å². The monoisotopic (exact) mass is 579 g/mol. The molecule has 2 N–H and O–H groups in total. The maximum Gasteiger partial charge on any atom is 0.331 e. The van der Waals surface area contributed by atoms with E-state index in [0.29, 0.717) is 5.56 Å². The third-order valence-corrected chi connectivity index (χ3v) is 7.76. The molecule has 0 unspecified atom stereocenters. The lowest BCUT2D eigenvalue weighted by Crippen LogP contribution is -2.89. The van der Waals surface area contributed by atoms with Gasteiger partial charge in [0.05, 0.1) is 18.7 Å². The lowest BCUT2D eigenvalue weighted by Gasteiger charge is -2.33. The lowest BCUT2D eigenvalue weighted by molar-refractivity contribution is -0.568. The molecule has 3 aliphatic rings. The van der Waals surface area contributed by atoms with Gasteiger partial charge in [-0.15, -0.1) is 0 Å². The number of hydrogen-bond donors (Lipinski definition) is 2. The van der Waals surface area contributed by atoms with E-state index in [0.717, 1.165) is 61.9 Å². The van der Waals surface area contributed by atoms with Gasteiger partial charge in [0.2, 0.25) is 5.36 Å². The molecule has 0 atom stereocenters. The molecule has 6 rings (SSSR count). The number of allylic oxidation sites excluding steroid dienone is 2. The molecule has 0 aliphatic carbocycles. The van der Waals surface area contributed by atoms with E-state index in [1.807, 2.05) is 24.3 Å². The summed E-state index contributed by atoms with van der Waals surface area (Å²) in [6.07, 6.45) is 5.46. The lowest BCUT2D eigenvalue weighted by atomic mass is 9.84. The first-order valence-electron chi connectivity index (χ1n) is 14.3. The highest BCUT2D eigenvalue weighted by atomic mass is 16.6. The van der Waals surface area contributed by atoms with Crippen molar-refractivity contribution in [3.63, 3.8) is 0 Å². The second-order valence-corrected chi connectivity index (χ2v) is 12.3. The number of methoxy groups -OCH3 is 2. The summed E-state index contributed by atoms with van der Waals surface area (Å²) in [4.78, 5) is 25.8. The number of benzene rings is 3. The second kappa shape index (κ2) is 11.3. The molecule has 7 nitrogen and oxygen atoms in total. The van der Waals surface area contributed by atoms with Crippen LogP contribution in [-0.2, 0) is 14.3 Å². The Morgan fingerprint density at radius 1 is 0.907 bits per heavy atom. The molecule has 3 aromatic rings.